The lowest BCUT2D eigenvalue weighted by Gasteiger charge is -2.06. The molecular formula is C7H3ClF2N2O3S. The van der Waals surface area contributed by atoms with Gasteiger partial charge in [0.15, 0.2) is 5.75 Å². The van der Waals surface area contributed by atoms with Gasteiger partial charge in [-0.3, -0.25) is 0 Å². The number of pyridine rings is 1. The van der Waals surface area contributed by atoms with Crippen LogP contribution in [0.25, 0.3) is 0 Å². The smallest absolute Gasteiger partial charge is 0.284 e. The molecule has 5 nitrogen and oxygen atoms in total. The summed E-state index contributed by atoms with van der Waals surface area (Å²) in [6.45, 7) is 0. The number of hydrogen-bond donors (Lipinski definition) is 1. The minimum absolute atomic E-state index is 0.502. The van der Waals surface area contributed by atoms with Crippen LogP contribution in [0.15, 0.2) is 11.1 Å². The average Bonchev–Trinajstić information content (AvgIpc) is 2.15. The Morgan fingerprint density at radius 1 is 1.56 bits per heavy atom. The van der Waals surface area contributed by atoms with Crippen LogP contribution in [0.5, 0.6) is 5.75 Å². The number of nitrogens with zero attached hydrogens (tertiary/aromatic N) is 2. The van der Waals surface area contributed by atoms with E-state index in [9.17, 15) is 22.3 Å². The van der Waals surface area contributed by atoms with Gasteiger partial charge in [-0.25, -0.2) is 22.2 Å². The molecule has 0 aliphatic rings. The van der Waals surface area contributed by atoms with Crippen molar-refractivity contribution in [1.82, 2.24) is 4.98 Å². The lowest BCUT2D eigenvalue weighted by molar-refractivity contribution is 0.141. The fourth-order valence-electron chi connectivity index (χ4n) is 0.951. The first-order valence-corrected chi connectivity index (χ1v) is 5.94. The molecule has 0 saturated heterocycles. The van der Waals surface area contributed by atoms with Crippen molar-refractivity contribution in [3.05, 3.63) is 17.5 Å². The summed E-state index contributed by atoms with van der Waals surface area (Å²) in [6.07, 6.45) is -2.62. The van der Waals surface area contributed by atoms with Crippen molar-refractivity contribution in [2.45, 2.75) is 11.3 Å². The Morgan fingerprint density at radius 3 is 2.50 bits per heavy atom. The number of aromatic nitrogens is 1. The molecule has 0 aromatic carbocycles. The van der Waals surface area contributed by atoms with Crippen LogP contribution in [0.2, 0.25) is 0 Å². The van der Waals surface area contributed by atoms with Crippen molar-refractivity contribution < 1.29 is 22.3 Å². The number of nitriles is 1. The lowest BCUT2D eigenvalue weighted by atomic mass is 10.2. The molecule has 0 aliphatic heterocycles. The molecule has 0 atom stereocenters. The summed E-state index contributed by atoms with van der Waals surface area (Å²) in [5.41, 5.74) is -1.92. The first-order chi connectivity index (χ1) is 7.29. The summed E-state index contributed by atoms with van der Waals surface area (Å²) < 4.78 is 46.4. The summed E-state index contributed by atoms with van der Waals surface area (Å²) >= 11 is 0. The summed E-state index contributed by atoms with van der Waals surface area (Å²) in [5, 5.41) is 17.8. The van der Waals surface area contributed by atoms with Crippen molar-refractivity contribution in [3.63, 3.8) is 0 Å². The molecule has 1 aromatic rings. The molecule has 9 heteroatoms. The Kier molecular flexibility index (Phi) is 3.30. The predicted octanol–water partition coefficient (Wildman–Crippen LogP) is 1.52. The predicted molar refractivity (Wildman–Crippen MR) is 48.6 cm³/mol. The highest BCUT2D eigenvalue weighted by Crippen LogP contribution is 2.33. The molecule has 1 heterocycles. The fourth-order valence-corrected chi connectivity index (χ4v) is 1.87. The van der Waals surface area contributed by atoms with Crippen LogP contribution in [0, 0.1) is 11.3 Å². The standard InChI is InChI=1S/C7H3ClF2N2O3S/c8-16(14,15)4-2-12-5(7(9)10)6(13)3(4)1-11/h2,7,13H. The second kappa shape index (κ2) is 4.19. The molecule has 86 valence electrons. The molecule has 0 saturated carbocycles. The molecule has 0 unspecified atom stereocenters. The third-order valence-corrected chi connectivity index (χ3v) is 2.96. The van der Waals surface area contributed by atoms with Crippen molar-refractivity contribution in [2.24, 2.45) is 0 Å². The van der Waals surface area contributed by atoms with E-state index in [2.05, 4.69) is 4.98 Å². The number of alkyl halides is 2. The maximum atomic E-state index is 12.3. The first-order valence-electron chi connectivity index (χ1n) is 3.63. The van der Waals surface area contributed by atoms with Gasteiger partial charge in [-0.05, 0) is 0 Å². The SMILES string of the molecule is N#Cc1c(S(=O)(=O)Cl)cnc(C(F)F)c1O. The Labute approximate surface area is 93.3 Å². The highest BCUT2D eigenvalue weighted by atomic mass is 35.7. The minimum Gasteiger partial charge on any atom is -0.504 e. The van der Waals surface area contributed by atoms with Crippen molar-refractivity contribution in [2.75, 3.05) is 0 Å². The highest BCUT2D eigenvalue weighted by Gasteiger charge is 2.25. The maximum absolute atomic E-state index is 12.3. The molecule has 1 aromatic heterocycles. The molecule has 0 amide bonds. The van der Waals surface area contributed by atoms with Crippen molar-refractivity contribution in [1.29, 1.82) is 5.26 Å². The lowest BCUT2D eigenvalue weighted by Crippen LogP contribution is -2.01. The minimum atomic E-state index is -4.33. The van der Waals surface area contributed by atoms with Crippen LogP contribution in [0.1, 0.15) is 17.7 Å². The largest absolute Gasteiger partial charge is 0.504 e. The Hall–Kier alpha value is -1.46. The second-order valence-corrected chi connectivity index (χ2v) is 5.12. The normalized spacial score (nSPS) is 11.4. The van der Waals surface area contributed by atoms with E-state index in [0.717, 1.165) is 0 Å². The van der Waals surface area contributed by atoms with Crippen LogP contribution in [0.4, 0.5) is 8.78 Å². The summed E-state index contributed by atoms with van der Waals surface area (Å²) in [7, 11) is 0.601. The molecule has 0 bridgehead atoms. The van der Waals surface area contributed by atoms with Crippen LogP contribution < -0.4 is 0 Å². The van der Waals surface area contributed by atoms with E-state index in [1.165, 1.54) is 6.07 Å². The summed E-state index contributed by atoms with van der Waals surface area (Å²) in [6, 6.07) is 1.28. The van der Waals surface area contributed by atoms with Crippen LogP contribution >= 0.6 is 10.7 Å². The zero-order chi connectivity index (χ0) is 12.5. The van der Waals surface area contributed by atoms with Gasteiger partial charge in [-0.1, -0.05) is 0 Å². The maximum Gasteiger partial charge on any atom is 0.284 e. The van der Waals surface area contributed by atoms with E-state index in [-0.39, 0.29) is 0 Å². The van der Waals surface area contributed by atoms with Gasteiger partial charge in [0.25, 0.3) is 15.5 Å². The van der Waals surface area contributed by atoms with E-state index in [4.69, 9.17) is 15.9 Å². The molecule has 0 spiro atoms. The molecule has 0 radical (unpaired) electrons. The van der Waals surface area contributed by atoms with Gasteiger partial charge >= 0.3 is 0 Å². The van der Waals surface area contributed by atoms with Crippen molar-refractivity contribution >= 4 is 19.7 Å². The van der Waals surface area contributed by atoms with Crippen LogP contribution in [0.3, 0.4) is 0 Å². The number of halogens is 3. The van der Waals surface area contributed by atoms with E-state index in [1.807, 2.05) is 0 Å². The summed E-state index contributed by atoms with van der Waals surface area (Å²) in [4.78, 5) is 2.23. The van der Waals surface area contributed by atoms with E-state index < -0.39 is 37.4 Å². The number of hydrogen-bond acceptors (Lipinski definition) is 5. The molecule has 16 heavy (non-hydrogen) atoms. The molecular weight excluding hydrogens is 266 g/mol. The second-order valence-electron chi connectivity index (χ2n) is 2.58. The topological polar surface area (TPSA) is 91.0 Å². The third-order valence-electron chi connectivity index (χ3n) is 1.63. The summed E-state index contributed by atoms with van der Waals surface area (Å²) in [5.74, 6) is -1.18. The van der Waals surface area contributed by atoms with Gasteiger partial charge in [0, 0.05) is 16.9 Å². The fraction of sp³-hybridized carbons (Fsp3) is 0.143. The van der Waals surface area contributed by atoms with Gasteiger partial charge in [0.1, 0.15) is 22.2 Å². The number of aromatic hydroxyl groups is 1. The van der Waals surface area contributed by atoms with E-state index in [1.54, 1.807) is 0 Å². The Balaban J connectivity index is 3.62. The van der Waals surface area contributed by atoms with Crippen molar-refractivity contribution in [3.8, 4) is 11.8 Å². The molecule has 0 aliphatic carbocycles. The Bertz CT molecular complexity index is 568. The van der Waals surface area contributed by atoms with Gasteiger partial charge in [-0.15, -0.1) is 0 Å². The van der Waals surface area contributed by atoms with Crippen LogP contribution in [-0.2, 0) is 9.05 Å². The first kappa shape index (κ1) is 12.6. The number of rotatable bonds is 2. The Morgan fingerprint density at radius 2 is 2.12 bits per heavy atom. The zero-order valence-electron chi connectivity index (χ0n) is 7.35. The average molecular weight is 269 g/mol. The highest BCUT2D eigenvalue weighted by molar-refractivity contribution is 8.13. The van der Waals surface area contributed by atoms with Gasteiger partial charge < -0.3 is 5.11 Å². The van der Waals surface area contributed by atoms with Crippen LogP contribution in [-0.4, -0.2) is 18.5 Å². The van der Waals surface area contributed by atoms with E-state index >= 15 is 0 Å². The monoisotopic (exact) mass is 268 g/mol. The van der Waals surface area contributed by atoms with Gasteiger partial charge in [0.2, 0.25) is 0 Å². The van der Waals surface area contributed by atoms with Gasteiger partial charge in [-0.2, -0.15) is 5.26 Å². The molecule has 1 rings (SSSR count). The quantitative estimate of drug-likeness (QED) is 0.821. The van der Waals surface area contributed by atoms with E-state index in [0.29, 0.717) is 6.20 Å². The zero-order valence-corrected chi connectivity index (χ0v) is 8.93. The molecule has 1 N–H and O–H groups in total. The van der Waals surface area contributed by atoms with Gasteiger partial charge in [0.05, 0.1) is 0 Å². The molecule has 0 fully saturated rings. The third kappa shape index (κ3) is 2.20.